The third kappa shape index (κ3) is 4.21. The number of nitrogens with one attached hydrogen (secondary N) is 1. The van der Waals surface area contributed by atoms with Crippen molar-refractivity contribution in [3.8, 4) is 0 Å². The lowest BCUT2D eigenvalue weighted by Gasteiger charge is -2.23. The number of rotatable bonds is 5. The maximum absolute atomic E-state index is 14.8. The Kier molecular flexibility index (Phi) is 5.85. The van der Waals surface area contributed by atoms with Gasteiger partial charge >= 0.3 is 0 Å². The molecule has 1 aromatic heterocycles. The first kappa shape index (κ1) is 22.5. The van der Waals surface area contributed by atoms with Crippen molar-refractivity contribution in [2.75, 3.05) is 16.2 Å². The molecule has 0 unspecified atom stereocenters. The Morgan fingerprint density at radius 2 is 1.97 bits per heavy atom. The molecule has 164 valence electrons. The third-order valence-electron chi connectivity index (χ3n) is 5.01. The van der Waals surface area contributed by atoms with E-state index in [0.717, 1.165) is 34.9 Å². The van der Waals surface area contributed by atoms with Crippen molar-refractivity contribution in [1.29, 1.82) is 0 Å². The second-order valence-electron chi connectivity index (χ2n) is 7.72. The van der Waals surface area contributed by atoms with Crippen molar-refractivity contribution in [2.24, 2.45) is 0 Å². The number of hydrogen-bond donors (Lipinski definition) is 1. The van der Waals surface area contributed by atoms with Gasteiger partial charge in [0.25, 0.3) is 10.0 Å². The van der Waals surface area contributed by atoms with E-state index in [4.69, 9.17) is 34.8 Å². The normalized spacial score (nSPS) is 15.2. The minimum Gasteiger partial charge on any atom is -0.366 e. The van der Waals surface area contributed by atoms with E-state index in [1.807, 2.05) is 24.8 Å². The van der Waals surface area contributed by atoms with Crippen LogP contribution in [0.5, 0.6) is 0 Å². The van der Waals surface area contributed by atoms with Gasteiger partial charge in [0, 0.05) is 46.3 Å². The second-order valence-corrected chi connectivity index (χ2v) is 11.3. The van der Waals surface area contributed by atoms with Crippen LogP contribution in [0.2, 0.25) is 15.1 Å². The van der Waals surface area contributed by atoms with E-state index in [9.17, 15) is 12.8 Å². The number of hydrogen-bond acceptors (Lipinski definition) is 6. The van der Waals surface area contributed by atoms with E-state index >= 15 is 0 Å². The van der Waals surface area contributed by atoms with Gasteiger partial charge in [-0.25, -0.2) is 17.8 Å². The Bertz CT molecular complexity index is 1270. The molecule has 0 bridgehead atoms. The molecule has 0 saturated heterocycles. The summed E-state index contributed by atoms with van der Waals surface area (Å²) in [6.45, 7) is 4.98. The molecular formula is C19H16Cl3FN4O2S2. The highest BCUT2D eigenvalue weighted by molar-refractivity contribution is 7.93. The lowest BCUT2D eigenvalue weighted by Crippen LogP contribution is -2.28. The average molecular weight is 522 g/mol. The average Bonchev–Trinajstić information content (AvgIpc) is 3.26. The molecule has 0 spiro atoms. The molecule has 4 rings (SSSR count). The van der Waals surface area contributed by atoms with Gasteiger partial charge in [-0.05, 0) is 29.8 Å². The van der Waals surface area contributed by atoms with Crippen LogP contribution in [0, 0.1) is 5.82 Å². The molecule has 0 amide bonds. The van der Waals surface area contributed by atoms with Gasteiger partial charge in [-0.15, -0.1) is 0 Å². The maximum atomic E-state index is 14.8. The molecule has 12 heteroatoms. The summed E-state index contributed by atoms with van der Waals surface area (Å²) in [5.74, 6) is -0.913. The highest BCUT2D eigenvalue weighted by atomic mass is 35.5. The summed E-state index contributed by atoms with van der Waals surface area (Å²) < 4.78 is 45.8. The molecule has 6 nitrogen and oxygen atoms in total. The van der Waals surface area contributed by atoms with E-state index in [0.29, 0.717) is 22.2 Å². The first-order valence-electron chi connectivity index (χ1n) is 9.00. The summed E-state index contributed by atoms with van der Waals surface area (Å²) in [5.41, 5.74) is 1.96. The Balaban J connectivity index is 1.66. The molecule has 2 aromatic carbocycles. The van der Waals surface area contributed by atoms with Crippen LogP contribution < -0.4 is 9.62 Å². The molecule has 1 aliphatic heterocycles. The van der Waals surface area contributed by atoms with E-state index < -0.39 is 20.7 Å². The quantitative estimate of drug-likeness (QED) is 0.464. The molecule has 1 aliphatic rings. The van der Waals surface area contributed by atoms with Crippen LogP contribution in [0.1, 0.15) is 25.0 Å². The van der Waals surface area contributed by atoms with Gasteiger partial charge in [-0.3, -0.25) is 4.72 Å². The zero-order valence-corrected chi connectivity index (χ0v) is 20.2. The molecule has 3 aromatic rings. The minimum absolute atomic E-state index is 0.0334. The highest BCUT2D eigenvalue weighted by Crippen LogP contribution is 2.47. The number of benzene rings is 2. The molecule has 2 heterocycles. The fraction of sp³-hybridized carbons (Fsp3) is 0.263. The highest BCUT2D eigenvalue weighted by Gasteiger charge is 2.38. The van der Waals surface area contributed by atoms with Crippen LogP contribution in [-0.2, 0) is 22.0 Å². The fourth-order valence-corrected chi connectivity index (χ4v) is 6.33. The van der Waals surface area contributed by atoms with Gasteiger partial charge in [-0.1, -0.05) is 48.7 Å². The van der Waals surface area contributed by atoms with Crippen molar-refractivity contribution in [3.63, 3.8) is 0 Å². The first-order chi connectivity index (χ1) is 14.5. The zero-order chi connectivity index (χ0) is 22.6. The van der Waals surface area contributed by atoms with Crippen LogP contribution in [0.3, 0.4) is 0 Å². The standard InChI is InChI=1S/C19H16Cl3FN4O2S2/c1-19(2)8-27(14-4-3-11(20)17(22)16(14)19)7-10-5-13(23)15(6-12(10)21)31(28,29)26-18-24-9-25-30-18/h3-6,9H,7-8H2,1-2H3,(H,24,25,26). The topological polar surface area (TPSA) is 75.2 Å². The summed E-state index contributed by atoms with van der Waals surface area (Å²) >= 11 is 19.8. The number of nitrogens with zero attached hydrogens (tertiary/aromatic N) is 3. The maximum Gasteiger partial charge on any atom is 0.266 e. The lowest BCUT2D eigenvalue weighted by molar-refractivity contribution is 0.548. The molecule has 0 saturated carbocycles. The summed E-state index contributed by atoms with van der Waals surface area (Å²) in [5, 5.41) is 1.13. The number of fused-ring (bicyclic) bond motifs is 1. The lowest BCUT2D eigenvalue weighted by atomic mass is 9.87. The summed E-state index contributed by atoms with van der Waals surface area (Å²) in [6, 6.07) is 5.83. The molecule has 0 fully saturated rings. The van der Waals surface area contributed by atoms with Gasteiger partial charge in [-0.2, -0.15) is 4.37 Å². The first-order valence-corrected chi connectivity index (χ1v) is 12.4. The van der Waals surface area contributed by atoms with Crippen LogP contribution in [0.25, 0.3) is 0 Å². The Morgan fingerprint density at radius 1 is 1.23 bits per heavy atom. The number of sulfonamides is 1. The fourth-order valence-electron chi connectivity index (χ4n) is 3.72. The van der Waals surface area contributed by atoms with Crippen LogP contribution in [-0.4, -0.2) is 24.3 Å². The minimum atomic E-state index is -4.21. The van der Waals surface area contributed by atoms with Gasteiger partial charge in [0.1, 0.15) is 17.0 Å². The van der Waals surface area contributed by atoms with Crippen LogP contribution in [0.4, 0.5) is 15.2 Å². The van der Waals surface area contributed by atoms with Crippen molar-refractivity contribution >= 4 is 67.2 Å². The van der Waals surface area contributed by atoms with Crippen molar-refractivity contribution in [1.82, 2.24) is 9.36 Å². The summed E-state index contributed by atoms with van der Waals surface area (Å²) in [7, 11) is -4.21. The third-order valence-corrected chi connectivity index (χ3v) is 8.23. The van der Waals surface area contributed by atoms with E-state index in [2.05, 4.69) is 14.1 Å². The van der Waals surface area contributed by atoms with Crippen molar-refractivity contribution in [3.05, 3.63) is 62.6 Å². The second kappa shape index (κ2) is 8.04. The van der Waals surface area contributed by atoms with E-state index in [-0.39, 0.29) is 22.1 Å². The molecule has 0 aliphatic carbocycles. The number of anilines is 2. The number of aromatic nitrogens is 2. The van der Waals surface area contributed by atoms with Crippen molar-refractivity contribution in [2.45, 2.75) is 30.7 Å². The van der Waals surface area contributed by atoms with Crippen LogP contribution >= 0.6 is 46.3 Å². The van der Waals surface area contributed by atoms with Gasteiger partial charge < -0.3 is 4.90 Å². The smallest absolute Gasteiger partial charge is 0.266 e. The van der Waals surface area contributed by atoms with E-state index in [1.165, 1.54) is 6.33 Å². The summed E-state index contributed by atoms with van der Waals surface area (Å²) in [6.07, 6.45) is 1.20. The SMILES string of the molecule is CC1(C)CN(Cc2cc(F)c(S(=O)(=O)Nc3ncns3)cc2Cl)c2ccc(Cl)c(Cl)c21. The predicted molar refractivity (Wildman–Crippen MR) is 123 cm³/mol. The molecule has 31 heavy (non-hydrogen) atoms. The monoisotopic (exact) mass is 520 g/mol. The zero-order valence-electron chi connectivity index (χ0n) is 16.3. The summed E-state index contributed by atoms with van der Waals surface area (Å²) in [4.78, 5) is 5.21. The largest absolute Gasteiger partial charge is 0.366 e. The molecular weight excluding hydrogens is 506 g/mol. The van der Waals surface area contributed by atoms with Gasteiger partial charge in [0.15, 0.2) is 0 Å². The Hall–Kier alpha value is -1.65. The Morgan fingerprint density at radius 3 is 2.65 bits per heavy atom. The Labute approximate surface area is 198 Å². The van der Waals surface area contributed by atoms with Crippen LogP contribution in [0.15, 0.2) is 35.5 Å². The van der Waals surface area contributed by atoms with Crippen molar-refractivity contribution < 1.29 is 12.8 Å². The number of halogens is 4. The molecule has 0 radical (unpaired) electrons. The van der Waals surface area contributed by atoms with Gasteiger partial charge in [0.2, 0.25) is 5.13 Å². The van der Waals surface area contributed by atoms with Gasteiger partial charge in [0.05, 0.1) is 10.0 Å². The molecule has 0 atom stereocenters. The molecule has 1 N–H and O–H groups in total. The van der Waals surface area contributed by atoms with E-state index in [1.54, 1.807) is 6.07 Å². The predicted octanol–water partition coefficient (Wildman–Crippen LogP) is 5.74.